The third-order valence-corrected chi connectivity index (χ3v) is 3.93. The number of aryl methyl sites for hydroxylation is 2. The highest BCUT2D eigenvalue weighted by molar-refractivity contribution is 6.32. The van der Waals surface area contributed by atoms with Crippen LogP contribution in [0.1, 0.15) is 30.7 Å². The summed E-state index contributed by atoms with van der Waals surface area (Å²) in [4.78, 5) is 11.9. The molecule has 1 amide bonds. The summed E-state index contributed by atoms with van der Waals surface area (Å²) in [7, 11) is 0. The number of hydrogen-bond donors (Lipinski definition) is 2. The molecule has 2 aromatic rings. The van der Waals surface area contributed by atoms with Crippen LogP contribution in [-0.4, -0.2) is 28.4 Å². The van der Waals surface area contributed by atoms with Gasteiger partial charge in [-0.05, 0) is 31.9 Å². The second kappa shape index (κ2) is 8.67. The number of nitrogens with one attached hydrogen (secondary N) is 2. The zero-order chi connectivity index (χ0) is 18.4. The fourth-order valence-corrected chi connectivity index (χ4v) is 2.54. The standard InChI is InChI=1S/C18H24ClN5O/c1-12(2)11-24-18(19)16(14(4)23-24)9-21-22-17(25)10-20-15-7-5-13(3)6-8-15/h5-9,12,20H,10-11H2,1-4H3,(H,22,25)/b21-9-. The number of rotatable bonds is 7. The first-order valence-electron chi connectivity index (χ1n) is 8.22. The van der Waals surface area contributed by atoms with Gasteiger partial charge in [0.15, 0.2) is 0 Å². The fraction of sp³-hybridized carbons (Fsp3) is 0.389. The summed E-state index contributed by atoms with van der Waals surface area (Å²) >= 11 is 6.33. The van der Waals surface area contributed by atoms with Crippen molar-refractivity contribution in [1.29, 1.82) is 0 Å². The highest BCUT2D eigenvalue weighted by atomic mass is 35.5. The smallest absolute Gasteiger partial charge is 0.259 e. The van der Waals surface area contributed by atoms with Crippen LogP contribution in [0.2, 0.25) is 5.15 Å². The zero-order valence-corrected chi connectivity index (χ0v) is 15.8. The van der Waals surface area contributed by atoms with Gasteiger partial charge in [-0.3, -0.25) is 9.48 Å². The number of carbonyl (C=O) groups excluding carboxylic acids is 1. The number of halogens is 1. The number of aromatic nitrogens is 2. The highest BCUT2D eigenvalue weighted by Crippen LogP contribution is 2.18. The summed E-state index contributed by atoms with van der Waals surface area (Å²) in [6.07, 6.45) is 1.53. The second-order valence-corrected chi connectivity index (χ2v) is 6.74. The molecule has 0 saturated heterocycles. The number of benzene rings is 1. The van der Waals surface area contributed by atoms with Crippen LogP contribution in [0.15, 0.2) is 29.4 Å². The molecular formula is C18H24ClN5O. The maximum atomic E-state index is 11.9. The van der Waals surface area contributed by atoms with Crippen molar-refractivity contribution in [3.63, 3.8) is 0 Å². The van der Waals surface area contributed by atoms with E-state index in [2.05, 4.69) is 34.8 Å². The van der Waals surface area contributed by atoms with E-state index in [0.29, 0.717) is 16.6 Å². The van der Waals surface area contributed by atoms with Gasteiger partial charge in [0, 0.05) is 12.2 Å². The molecule has 0 aliphatic rings. The zero-order valence-electron chi connectivity index (χ0n) is 15.0. The van der Waals surface area contributed by atoms with Gasteiger partial charge in [-0.15, -0.1) is 0 Å². The van der Waals surface area contributed by atoms with Crippen LogP contribution >= 0.6 is 11.6 Å². The molecule has 25 heavy (non-hydrogen) atoms. The number of hydrogen-bond acceptors (Lipinski definition) is 4. The molecule has 2 N–H and O–H groups in total. The maximum Gasteiger partial charge on any atom is 0.259 e. The van der Waals surface area contributed by atoms with Gasteiger partial charge >= 0.3 is 0 Å². The molecule has 0 bridgehead atoms. The molecule has 0 spiro atoms. The summed E-state index contributed by atoms with van der Waals surface area (Å²) in [5.41, 5.74) is 6.04. The average molecular weight is 362 g/mol. The summed E-state index contributed by atoms with van der Waals surface area (Å²) < 4.78 is 1.75. The molecule has 0 aliphatic carbocycles. The number of carbonyl (C=O) groups is 1. The monoisotopic (exact) mass is 361 g/mol. The quantitative estimate of drug-likeness (QED) is 0.586. The van der Waals surface area contributed by atoms with Crippen LogP contribution < -0.4 is 10.7 Å². The lowest BCUT2D eigenvalue weighted by Crippen LogP contribution is -2.25. The molecule has 0 atom stereocenters. The summed E-state index contributed by atoms with van der Waals surface area (Å²) in [6, 6.07) is 7.83. The lowest BCUT2D eigenvalue weighted by atomic mass is 10.2. The van der Waals surface area contributed by atoms with E-state index >= 15 is 0 Å². The maximum absolute atomic E-state index is 11.9. The van der Waals surface area contributed by atoms with Crippen molar-refractivity contribution in [2.75, 3.05) is 11.9 Å². The molecule has 6 nitrogen and oxygen atoms in total. The van der Waals surface area contributed by atoms with Crippen LogP contribution in [-0.2, 0) is 11.3 Å². The Morgan fingerprint density at radius 3 is 2.64 bits per heavy atom. The molecule has 2 rings (SSSR count). The van der Waals surface area contributed by atoms with Gasteiger partial charge in [-0.1, -0.05) is 43.1 Å². The average Bonchev–Trinajstić information content (AvgIpc) is 2.81. The first-order valence-corrected chi connectivity index (χ1v) is 8.60. The number of nitrogens with zero attached hydrogens (tertiary/aromatic N) is 3. The SMILES string of the molecule is Cc1ccc(NCC(=O)N/N=C\c2c(C)nn(CC(C)C)c2Cl)cc1. The van der Waals surface area contributed by atoms with Gasteiger partial charge in [-0.2, -0.15) is 10.2 Å². The molecule has 0 aliphatic heterocycles. The minimum atomic E-state index is -0.236. The third-order valence-electron chi connectivity index (χ3n) is 3.53. The van der Waals surface area contributed by atoms with E-state index < -0.39 is 0 Å². The van der Waals surface area contributed by atoms with Crippen molar-refractivity contribution in [2.24, 2.45) is 11.0 Å². The topological polar surface area (TPSA) is 71.3 Å². The number of amides is 1. The minimum Gasteiger partial charge on any atom is -0.376 e. The molecule has 0 radical (unpaired) electrons. The minimum absolute atomic E-state index is 0.139. The largest absolute Gasteiger partial charge is 0.376 e. The molecule has 0 unspecified atom stereocenters. The third kappa shape index (κ3) is 5.60. The van der Waals surface area contributed by atoms with Gasteiger partial charge in [0.2, 0.25) is 0 Å². The molecule has 1 heterocycles. The fourth-order valence-electron chi connectivity index (χ4n) is 2.24. The molecule has 0 fully saturated rings. The van der Waals surface area contributed by atoms with Crippen LogP contribution in [0.25, 0.3) is 0 Å². The van der Waals surface area contributed by atoms with Gasteiger partial charge < -0.3 is 5.32 Å². The first kappa shape index (κ1) is 19.0. The van der Waals surface area contributed by atoms with E-state index in [1.54, 1.807) is 4.68 Å². The molecule has 0 saturated carbocycles. The highest BCUT2D eigenvalue weighted by Gasteiger charge is 2.12. The summed E-state index contributed by atoms with van der Waals surface area (Å²) in [6.45, 7) is 8.96. The first-order chi connectivity index (χ1) is 11.9. The Balaban J connectivity index is 1.88. The van der Waals surface area contributed by atoms with E-state index in [1.165, 1.54) is 11.8 Å². The lowest BCUT2D eigenvalue weighted by molar-refractivity contribution is -0.119. The van der Waals surface area contributed by atoms with Crippen molar-refractivity contribution in [1.82, 2.24) is 15.2 Å². The number of hydrazone groups is 1. The lowest BCUT2D eigenvalue weighted by Gasteiger charge is -2.06. The Labute approximate surface area is 153 Å². The predicted molar refractivity (Wildman–Crippen MR) is 102 cm³/mol. The number of anilines is 1. The van der Waals surface area contributed by atoms with Gasteiger partial charge in [-0.25, -0.2) is 5.43 Å². The van der Waals surface area contributed by atoms with Gasteiger partial charge in [0.05, 0.1) is 24.0 Å². The van der Waals surface area contributed by atoms with Crippen LogP contribution in [0.3, 0.4) is 0 Å². The van der Waals surface area contributed by atoms with Gasteiger partial charge in [0.25, 0.3) is 5.91 Å². The Morgan fingerprint density at radius 2 is 2.00 bits per heavy atom. The Kier molecular flexibility index (Phi) is 6.58. The second-order valence-electron chi connectivity index (χ2n) is 6.38. The van der Waals surface area contributed by atoms with Crippen LogP contribution in [0.4, 0.5) is 5.69 Å². The van der Waals surface area contributed by atoms with E-state index in [1.807, 2.05) is 38.1 Å². The van der Waals surface area contributed by atoms with Crippen molar-refractivity contribution in [2.45, 2.75) is 34.2 Å². The Bertz CT molecular complexity index is 750. The molecule has 1 aromatic heterocycles. The van der Waals surface area contributed by atoms with Crippen molar-refractivity contribution >= 4 is 29.4 Å². The molecule has 7 heteroatoms. The Hall–Kier alpha value is -2.34. The van der Waals surface area contributed by atoms with Crippen LogP contribution in [0, 0.1) is 19.8 Å². The van der Waals surface area contributed by atoms with Gasteiger partial charge in [0.1, 0.15) is 5.15 Å². The van der Waals surface area contributed by atoms with Crippen molar-refractivity contribution in [3.05, 3.63) is 46.2 Å². The normalized spacial score (nSPS) is 11.3. The van der Waals surface area contributed by atoms with Crippen LogP contribution in [0.5, 0.6) is 0 Å². The van der Waals surface area contributed by atoms with E-state index in [0.717, 1.165) is 17.9 Å². The molecule has 134 valence electrons. The summed E-state index contributed by atoms with van der Waals surface area (Å²) in [5.74, 6) is 0.203. The summed E-state index contributed by atoms with van der Waals surface area (Å²) in [5, 5.41) is 11.9. The van der Waals surface area contributed by atoms with Crippen molar-refractivity contribution < 1.29 is 4.79 Å². The van der Waals surface area contributed by atoms with E-state index in [-0.39, 0.29) is 12.5 Å². The molecular weight excluding hydrogens is 338 g/mol. The predicted octanol–water partition coefficient (Wildman–Crippen LogP) is 3.37. The molecule has 1 aromatic carbocycles. The van der Waals surface area contributed by atoms with E-state index in [4.69, 9.17) is 11.6 Å². The Morgan fingerprint density at radius 1 is 1.32 bits per heavy atom. The van der Waals surface area contributed by atoms with E-state index in [9.17, 15) is 4.79 Å². The van der Waals surface area contributed by atoms with Crippen molar-refractivity contribution in [3.8, 4) is 0 Å².